The number of nitrogens with zero attached hydrogens (tertiary/aromatic N) is 1. The number of unbranched alkanes of at least 4 members (excludes halogenated alkanes) is 5. The molecular weight excluding hydrogens is 278 g/mol. The highest BCUT2D eigenvalue weighted by atomic mass is 16.3. The fourth-order valence-corrected chi connectivity index (χ4v) is 2.60. The summed E-state index contributed by atoms with van der Waals surface area (Å²) in [6, 6.07) is 3.61. The second kappa shape index (κ2) is 11.4. The predicted octanol–water partition coefficient (Wildman–Crippen LogP) is 3.50. The maximum atomic E-state index is 9.77. The maximum Gasteiger partial charge on any atom is 0.136 e. The van der Waals surface area contributed by atoms with Gasteiger partial charge < -0.3 is 15.3 Å². The van der Waals surface area contributed by atoms with Gasteiger partial charge in [-0.15, -0.1) is 0 Å². The topological polar surface area (TPSA) is 73.6 Å². The van der Waals surface area contributed by atoms with E-state index in [-0.39, 0.29) is 18.5 Å². The Morgan fingerprint density at radius 1 is 0.955 bits per heavy atom. The summed E-state index contributed by atoms with van der Waals surface area (Å²) in [6.07, 6.45) is 9.91. The molecule has 126 valence electrons. The van der Waals surface area contributed by atoms with E-state index in [4.69, 9.17) is 5.11 Å². The highest BCUT2D eigenvalue weighted by Gasteiger charge is 2.04. The van der Waals surface area contributed by atoms with E-state index < -0.39 is 0 Å². The zero-order chi connectivity index (χ0) is 16.2. The third-order valence-electron chi connectivity index (χ3n) is 4.03. The molecule has 4 nitrogen and oxygen atoms in total. The van der Waals surface area contributed by atoms with Crippen LogP contribution in [0.15, 0.2) is 12.1 Å². The van der Waals surface area contributed by atoms with E-state index in [2.05, 4.69) is 4.98 Å². The van der Waals surface area contributed by atoms with Gasteiger partial charge in [0, 0.05) is 12.3 Å². The molecule has 0 aliphatic carbocycles. The highest BCUT2D eigenvalue weighted by Crippen LogP contribution is 2.16. The summed E-state index contributed by atoms with van der Waals surface area (Å²) >= 11 is 0. The molecule has 0 unspecified atom stereocenters. The van der Waals surface area contributed by atoms with Gasteiger partial charge in [-0.1, -0.05) is 25.7 Å². The molecule has 1 heterocycles. The molecule has 1 atom stereocenters. The van der Waals surface area contributed by atoms with Crippen molar-refractivity contribution in [3.8, 4) is 5.75 Å². The number of aliphatic hydroxyl groups is 2. The number of aliphatic hydroxyl groups excluding tert-OH is 2. The van der Waals surface area contributed by atoms with E-state index in [9.17, 15) is 10.2 Å². The van der Waals surface area contributed by atoms with Gasteiger partial charge in [0.1, 0.15) is 5.75 Å². The van der Waals surface area contributed by atoms with E-state index in [1.165, 1.54) is 19.3 Å². The fraction of sp³-hybridized carbons (Fsp3) is 0.722. The van der Waals surface area contributed by atoms with Crippen LogP contribution in [0.5, 0.6) is 5.75 Å². The standard InChI is InChI=1S/C18H31NO3/c1-15-18(22)13-12-16(19-15)9-5-3-2-4-6-10-17(21)11-7-8-14-20/h12-13,17,20-22H,2-11,14H2,1H3/t17-/m0/s1. The summed E-state index contributed by atoms with van der Waals surface area (Å²) in [7, 11) is 0. The van der Waals surface area contributed by atoms with Gasteiger partial charge in [-0.05, 0) is 57.6 Å². The molecule has 1 aromatic heterocycles. The van der Waals surface area contributed by atoms with Gasteiger partial charge in [0.2, 0.25) is 0 Å². The van der Waals surface area contributed by atoms with Gasteiger partial charge >= 0.3 is 0 Å². The SMILES string of the molecule is Cc1nc(CCCCCCC[C@H](O)CCCCO)ccc1O. The Hall–Kier alpha value is -1.13. The van der Waals surface area contributed by atoms with Crippen LogP contribution >= 0.6 is 0 Å². The average molecular weight is 309 g/mol. The highest BCUT2D eigenvalue weighted by molar-refractivity contribution is 5.26. The van der Waals surface area contributed by atoms with Crippen LogP contribution in [-0.2, 0) is 6.42 Å². The molecular formula is C18H31NO3. The first-order chi connectivity index (χ1) is 10.6. The summed E-state index contributed by atoms with van der Waals surface area (Å²) in [6.45, 7) is 2.05. The van der Waals surface area contributed by atoms with Crippen LogP contribution < -0.4 is 0 Å². The first kappa shape index (κ1) is 18.9. The third kappa shape index (κ3) is 8.35. The van der Waals surface area contributed by atoms with Gasteiger partial charge in [-0.25, -0.2) is 0 Å². The largest absolute Gasteiger partial charge is 0.506 e. The van der Waals surface area contributed by atoms with E-state index in [1.54, 1.807) is 6.07 Å². The fourth-order valence-electron chi connectivity index (χ4n) is 2.60. The quantitative estimate of drug-likeness (QED) is 0.517. The lowest BCUT2D eigenvalue weighted by atomic mass is 10.0. The number of aryl methyl sites for hydroxylation is 2. The molecule has 0 amide bonds. The van der Waals surface area contributed by atoms with E-state index >= 15 is 0 Å². The summed E-state index contributed by atoms with van der Waals surface area (Å²) in [5, 5.41) is 27.9. The van der Waals surface area contributed by atoms with Crippen molar-refractivity contribution in [2.75, 3.05) is 6.61 Å². The second-order valence-electron chi connectivity index (χ2n) is 6.09. The van der Waals surface area contributed by atoms with Crippen LogP contribution in [0.25, 0.3) is 0 Å². The van der Waals surface area contributed by atoms with Crippen molar-refractivity contribution in [2.45, 2.75) is 77.2 Å². The van der Waals surface area contributed by atoms with E-state index in [1.807, 2.05) is 13.0 Å². The maximum absolute atomic E-state index is 9.77. The molecule has 1 aromatic rings. The summed E-state index contributed by atoms with van der Waals surface area (Å²) < 4.78 is 0. The Balaban J connectivity index is 1.98. The molecule has 0 aliphatic heterocycles. The minimum atomic E-state index is -0.198. The van der Waals surface area contributed by atoms with Crippen molar-refractivity contribution < 1.29 is 15.3 Å². The minimum absolute atomic E-state index is 0.198. The Morgan fingerprint density at radius 2 is 1.59 bits per heavy atom. The molecule has 0 spiro atoms. The van der Waals surface area contributed by atoms with Crippen molar-refractivity contribution in [3.63, 3.8) is 0 Å². The molecule has 0 saturated carbocycles. The van der Waals surface area contributed by atoms with Crippen LogP contribution in [-0.4, -0.2) is 33.0 Å². The molecule has 0 fully saturated rings. The number of rotatable bonds is 12. The van der Waals surface area contributed by atoms with Crippen LogP contribution in [0.1, 0.15) is 69.2 Å². The van der Waals surface area contributed by atoms with Gasteiger partial charge in [-0.2, -0.15) is 0 Å². The number of aromatic hydroxyl groups is 1. The van der Waals surface area contributed by atoms with E-state index in [0.29, 0.717) is 5.69 Å². The molecule has 0 aromatic carbocycles. The van der Waals surface area contributed by atoms with Crippen LogP contribution in [0.2, 0.25) is 0 Å². The Kier molecular flexibility index (Phi) is 9.84. The summed E-state index contributed by atoms with van der Waals surface area (Å²) in [5.41, 5.74) is 1.75. The monoisotopic (exact) mass is 309 g/mol. The molecule has 3 N–H and O–H groups in total. The summed E-state index contributed by atoms with van der Waals surface area (Å²) in [5.74, 6) is 0.265. The minimum Gasteiger partial charge on any atom is -0.506 e. The van der Waals surface area contributed by atoms with Gasteiger partial charge in [0.05, 0.1) is 11.8 Å². The number of aromatic nitrogens is 1. The summed E-state index contributed by atoms with van der Waals surface area (Å²) in [4.78, 5) is 4.36. The van der Waals surface area contributed by atoms with Crippen molar-refractivity contribution in [2.24, 2.45) is 0 Å². The van der Waals surface area contributed by atoms with Crippen molar-refractivity contribution in [1.82, 2.24) is 4.98 Å². The lowest BCUT2D eigenvalue weighted by molar-refractivity contribution is 0.144. The normalized spacial score (nSPS) is 12.5. The first-order valence-electron chi connectivity index (χ1n) is 8.58. The van der Waals surface area contributed by atoms with Gasteiger partial charge in [0.25, 0.3) is 0 Å². The van der Waals surface area contributed by atoms with Crippen LogP contribution in [0, 0.1) is 6.92 Å². The Morgan fingerprint density at radius 3 is 2.27 bits per heavy atom. The van der Waals surface area contributed by atoms with Crippen molar-refractivity contribution in [1.29, 1.82) is 0 Å². The molecule has 0 bridgehead atoms. The Bertz CT molecular complexity index is 409. The molecule has 0 radical (unpaired) electrons. The average Bonchev–Trinajstić information content (AvgIpc) is 2.50. The zero-order valence-electron chi connectivity index (χ0n) is 13.8. The van der Waals surface area contributed by atoms with Crippen molar-refractivity contribution >= 4 is 0 Å². The number of hydrogen-bond donors (Lipinski definition) is 3. The molecule has 0 saturated heterocycles. The lowest BCUT2D eigenvalue weighted by Crippen LogP contribution is -2.06. The van der Waals surface area contributed by atoms with Crippen LogP contribution in [0.3, 0.4) is 0 Å². The Labute approximate surface area is 134 Å². The molecule has 22 heavy (non-hydrogen) atoms. The first-order valence-corrected chi connectivity index (χ1v) is 8.58. The van der Waals surface area contributed by atoms with E-state index in [0.717, 1.165) is 50.6 Å². The van der Waals surface area contributed by atoms with Crippen LogP contribution in [0.4, 0.5) is 0 Å². The molecule has 0 aliphatic rings. The third-order valence-corrected chi connectivity index (χ3v) is 4.03. The smallest absolute Gasteiger partial charge is 0.136 e. The van der Waals surface area contributed by atoms with Gasteiger partial charge in [0.15, 0.2) is 0 Å². The predicted molar refractivity (Wildman–Crippen MR) is 89.0 cm³/mol. The molecule has 4 heteroatoms. The lowest BCUT2D eigenvalue weighted by Gasteiger charge is -2.09. The number of hydrogen-bond acceptors (Lipinski definition) is 4. The molecule has 1 rings (SSSR count). The zero-order valence-corrected chi connectivity index (χ0v) is 13.8. The number of pyridine rings is 1. The van der Waals surface area contributed by atoms with Crippen molar-refractivity contribution in [3.05, 3.63) is 23.5 Å². The van der Waals surface area contributed by atoms with Gasteiger partial charge in [-0.3, -0.25) is 4.98 Å². The second-order valence-corrected chi connectivity index (χ2v) is 6.09.